The number of fused-ring (bicyclic) bond motifs is 1. The Labute approximate surface area is 224 Å². The first kappa shape index (κ1) is 26.0. The fraction of sp³-hybridized carbons (Fsp3) is 0.393. The Morgan fingerprint density at radius 3 is 2.71 bits per heavy atom. The summed E-state index contributed by atoms with van der Waals surface area (Å²) in [5, 5.41) is 0. The van der Waals surface area contributed by atoms with Crippen LogP contribution in [0.15, 0.2) is 61.9 Å². The highest BCUT2D eigenvalue weighted by Crippen LogP contribution is 2.36. The average molecular weight is 538 g/mol. The topological polar surface area (TPSA) is 95.5 Å². The smallest absolute Gasteiger partial charge is 0.338 e. The first-order chi connectivity index (χ1) is 18.4. The molecule has 10 heteroatoms. The van der Waals surface area contributed by atoms with Crippen LogP contribution in [-0.2, 0) is 14.3 Å². The second-order valence-corrected chi connectivity index (χ2v) is 10.3. The van der Waals surface area contributed by atoms with Gasteiger partial charge in [0, 0.05) is 30.8 Å². The largest absolute Gasteiger partial charge is 0.491 e. The van der Waals surface area contributed by atoms with Gasteiger partial charge < -0.3 is 23.5 Å². The quantitative estimate of drug-likeness (QED) is 0.428. The van der Waals surface area contributed by atoms with E-state index < -0.39 is 12.0 Å². The first-order valence-corrected chi connectivity index (χ1v) is 13.6. The third-order valence-electron chi connectivity index (χ3n) is 6.30. The van der Waals surface area contributed by atoms with Crippen molar-refractivity contribution in [1.82, 2.24) is 4.57 Å². The van der Waals surface area contributed by atoms with Gasteiger partial charge >= 0.3 is 5.97 Å². The Kier molecular flexibility index (Phi) is 7.53. The first-order valence-electron chi connectivity index (χ1n) is 12.7. The van der Waals surface area contributed by atoms with Crippen molar-refractivity contribution in [3.05, 3.63) is 78.7 Å². The number of rotatable bonds is 7. The highest BCUT2D eigenvalue weighted by atomic mass is 32.1. The minimum atomic E-state index is -0.747. The molecule has 0 aliphatic carbocycles. The number of anilines is 1. The van der Waals surface area contributed by atoms with E-state index in [0.717, 1.165) is 19.0 Å². The predicted molar refractivity (Wildman–Crippen MR) is 144 cm³/mol. The lowest BCUT2D eigenvalue weighted by Gasteiger charge is -2.26. The minimum Gasteiger partial charge on any atom is -0.491 e. The maximum absolute atomic E-state index is 13.9. The molecule has 2 aliphatic rings. The number of aromatic nitrogens is 1. The Bertz CT molecular complexity index is 1540. The number of carbonyl (C=O) groups excluding carboxylic acids is 1. The second kappa shape index (κ2) is 11.0. The van der Waals surface area contributed by atoms with Gasteiger partial charge in [0.05, 0.1) is 41.7 Å². The summed E-state index contributed by atoms with van der Waals surface area (Å²) in [5.74, 6) is 1.40. The summed E-state index contributed by atoms with van der Waals surface area (Å²) in [5.41, 5.74) is 1.25. The number of ether oxygens (including phenoxy) is 3. The number of esters is 1. The molecule has 2 aromatic heterocycles. The van der Waals surface area contributed by atoms with Crippen molar-refractivity contribution in [1.29, 1.82) is 0 Å². The Morgan fingerprint density at radius 2 is 1.97 bits per heavy atom. The van der Waals surface area contributed by atoms with Gasteiger partial charge in [-0.3, -0.25) is 9.36 Å². The number of furan rings is 1. The summed E-state index contributed by atoms with van der Waals surface area (Å²) < 4.78 is 25.0. The van der Waals surface area contributed by atoms with Crippen molar-refractivity contribution in [2.45, 2.75) is 39.8 Å². The number of hydrogen-bond acceptors (Lipinski definition) is 9. The maximum Gasteiger partial charge on any atom is 0.338 e. The molecule has 0 bridgehead atoms. The fourth-order valence-electron chi connectivity index (χ4n) is 4.66. The van der Waals surface area contributed by atoms with E-state index in [4.69, 9.17) is 18.6 Å². The molecule has 5 rings (SSSR count). The number of thiazole rings is 1. The molecule has 0 amide bonds. The van der Waals surface area contributed by atoms with Crippen molar-refractivity contribution in [2.24, 2.45) is 4.99 Å². The average Bonchev–Trinajstić information content (AvgIpc) is 3.48. The number of benzene rings is 1. The van der Waals surface area contributed by atoms with Crippen molar-refractivity contribution in [3.8, 4) is 5.75 Å². The van der Waals surface area contributed by atoms with Crippen LogP contribution in [0.2, 0.25) is 0 Å². The summed E-state index contributed by atoms with van der Waals surface area (Å²) in [4.78, 5) is 34.3. The molecule has 0 radical (unpaired) electrons. The number of carbonyl (C=O) groups is 1. The van der Waals surface area contributed by atoms with E-state index in [1.54, 1.807) is 24.5 Å². The Morgan fingerprint density at radius 1 is 1.21 bits per heavy atom. The van der Waals surface area contributed by atoms with Gasteiger partial charge in [-0.1, -0.05) is 29.5 Å². The van der Waals surface area contributed by atoms with Crippen molar-refractivity contribution < 1.29 is 23.4 Å². The third kappa shape index (κ3) is 5.06. The van der Waals surface area contributed by atoms with Crippen LogP contribution in [-0.4, -0.2) is 49.6 Å². The van der Waals surface area contributed by atoms with Crippen LogP contribution < -0.4 is 24.5 Å². The van der Waals surface area contributed by atoms with Crippen LogP contribution >= 0.6 is 11.3 Å². The van der Waals surface area contributed by atoms with E-state index in [9.17, 15) is 9.59 Å². The number of hydrogen-bond donors (Lipinski definition) is 0. The lowest BCUT2D eigenvalue weighted by Crippen LogP contribution is -2.40. The summed E-state index contributed by atoms with van der Waals surface area (Å²) >= 11 is 1.26. The second-order valence-electron chi connectivity index (χ2n) is 9.28. The monoisotopic (exact) mass is 537 g/mol. The Hall–Kier alpha value is -3.63. The van der Waals surface area contributed by atoms with Crippen LogP contribution in [0, 0.1) is 0 Å². The molecule has 1 aromatic carbocycles. The van der Waals surface area contributed by atoms with Crippen molar-refractivity contribution in [3.63, 3.8) is 0 Å². The van der Waals surface area contributed by atoms with Gasteiger partial charge in [0.1, 0.15) is 17.6 Å². The van der Waals surface area contributed by atoms with E-state index in [-0.39, 0.29) is 18.3 Å². The number of allylic oxidation sites excluding steroid dienone is 1. The molecule has 1 atom stereocenters. The molecule has 0 N–H and O–H groups in total. The van der Waals surface area contributed by atoms with Gasteiger partial charge in [0.15, 0.2) is 10.7 Å². The van der Waals surface area contributed by atoms with Crippen LogP contribution in [0.1, 0.15) is 45.1 Å². The Balaban J connectivity index is 1.64. The van der Waals surface area contributed by atoms with Crippen LogP contribution in [0.3, 0.4) is 0 Å². The SMILES string of the molecule is CCOC(=O)C1=C(C)N=c2s/c(=C/c3ccc(N4CCOCC4)o3)c(=O)n2[C@@H]1c1ccccc1OC(C)C. The van der Waals surface area contributed by atoms with Gasteiger partial charge in [0.25, 0.3) is 5.56 Å². The molecule has 0 unspecified atom stereocenters. The molecule has 38 heavy (non-hydrogen) atoms. The molecule has 1 fully saturated rings. The van der Waals surface area contributed by atoms with Crippen molar-refractivity contribution >= 4 is 29.3 Å². The van der Waals surface area contributed by atoms with Crippen LogP contribution in [0.25, 0.3) is 6.08 Å². The van der Waals surface area contributed by atoms with Gasteiger partial charge in [0.2, 0.25) is 0 Å². The van der Waals surface area contributed by atoms with Gasteiger partial charge in [-0.2, -0.15) is 0 Å². The number of para-hydroxylation sites is 1. The molecule has 0 saturated carbocycles. The third-order valence-corrected chi connectivity index (χ3v) is 7.28. The van der Waals surface area contributed by atoms with Gasteiger partial charge in [-0.25, -0.2) is 9.79 Å². The molecular weight excluding hydrogens is 506 g/mol. The summed E-state index contributed by atoms with van der Waals surface area (Å²) in [6, 6.07) is 10.5. The molecule has 200 valence electrons. The molecule has 2 aliphatic heterocycles. The van der Waals surface area contributed by atoms with Gasteiger partial charge in [-0.05, 0) is 39.8 Å². The standard InChI is InChI=1S/C28H31N3O6S/c1-5-35-27(33)24-18(4)29-28-31(25(24)20-8-6-7-9-21(20)36-17(2)3)26(32)22(38-28)16-19-10-11-23(37-19)30-12-14-34-15-13-30/h6-11,16-17,25H,5,12-15H2,1-4H3/b22-16+/t25-/m1/s1. The molecule has 0 spiro atoms. The maximum atomic E-state index is 13.9. The van der Waals surface area contributed by atoms with E-state index in [0.29, 0.717) is 50.9 Å². The van der Waals surface area contributed by atoms with Gasteiger partial charge in [-0.15, -0.1) is 0 Å². The summed E-state index contributed by atoms with van der Waals surface area (Å²) in [6.07, 6.45) is 1.63. The lowest BCUT2D eigenvalue weighted by atomic mass is 9.95. The molecular formula is C28H31N3O6S. The zero-order valence-corrected chi connectivity index (χ0v) is 22.7. The number of nitrogens with zero attached hydrogens (tertiary/aromatic N) is 3. The van der Waals surface area contributed by atoms with E-state index >= 15 is 0 Å². The summed E-state index contributed by atoms with van der Waals surface area (Å²) in [7, 11) is 0. The highest BCUT2D eigenvalue weighted by Gasteiger charge is 2.35. The fourth-order valence-corrected chi connectivity index (χ4v) is 5.68. The van der Waals surface area contributed by atoms with E-state index in [2.05, 4.69) is 9.89 Å². The minimum absolute atomic E-state index is 0.0947. The summed E-state index contributed by atoms with van der Waals surface area (Å²) in [6.45, 7) is 10.4. The molecule has 1 saturated heterocycles. The van der Waals surface area contributed by atoms with E-state index in [1.807, 2.05) is 50.2 Å². The van der Waals surface area contributed by atoms with E-state index in [1.165, 1.54) is 11.3 Å². The highest BCUT2D eigenvalue weighted by molar-refractivity contribution is 7.07. The van der Waals surface area contributed by atoms with Crippen molar-refractivity contribution in [2.75, 3.05) is 37.8 Å². The van der Waals surface area contributed by atoms with Crippen LogP contribution in [0.5, 0.6) is 5.75 Å². The van der Waals surface area contributed by atoms with Crippen LogP contribution in [0.4, 0.5) is 5.88 Å². The normalized spacial score (nSPS) is 18.0. The molecule has 4 heterocycles. The zero-order chi connectivity index (χ0) is 26.8. The molecule has 3 aromatic rings. The predicted octanol–water partition coefficient (Wildman–Crippen LogP) is 3.02. The molecule has 9 nitrogen and oxygen atoms in total. The number of morpholine rings is 1. The zero-order valence-electron chi connectivity index (χ0n) is 21.9. The lowest BCUT2D eigenvalue weighted by molar-refractivity contribution is -0.139.